The van der Waals surface area contributed by atoms with Crippen LogP contribution in [0.25, 0.3) is 0 Å². The van der Waals surface area contributed by atoms with Gasteiger partial charge in [-0.3, -0.25) is 14.4 Å². The molecule has 0 saturated heterocycles. The molecule has 462 valence electrons. The number of carbonyl (C=O) groups excluding carboxylic acids is 3. The molecule has 0 bridgehead atoms. The Morgan fingerprint density at radius 2 is 0.481 bits per heavy atom. The van der Waals surface area contributed by atoms with E-state index in [0.29, 0.717) is 19.3 Å². The number of unbranched alkanes of at least 4 members (excludes halogenated alkanes) is 30. The van der Waals surface area contributed by atoms with Gasteiger partial charge in [-0.1, -0.05) is 284 Å². The molecule has 0 aliphatic carbocycles. The molecule has 0 saturated carbocycles. The van der Waals surface area contributed by atoms with Gasteiger partial charge >= 0.3 is 17.9 Å². The second kappa shape index (κ2) is 68.3. The van der Waals surface area contributed by atoms with Crippen LogP contribution < -0.4 is 0 Å². The van der Waals surface area contributed by atoms with E-state index < -0.39 is 6.10 Å². The zero-order valence-corrected chi connectivity index (χ0v) is 53.0. The highest BCUT2D eigenvalue weighted by molar-refractivity contribution is 5.71. The van der Waals surface area contributed by atoms with Crippen molar-refractivity contribution in [3.05, 3.63) is 122 Å². The van der Waals surface area contributed by atoms with E-state index in [1.807, 2.05) is 0 Å². The van der Waals surface area contributed by atoms with Gasteiger partial charge in [0.2, 0.25) is 0 Å². The molecular weight excluding hydrogens is 997 g/mol. The molecule has 0 N–H and O–H groups in total. The van der Waals surface area contributed by atoms with Crippen molar-refractivity contribution in [1.29, 1.82) is 0 Å². The Labute approximate surface area is 501 Å². The van der Waals surface area contributed by atoms with Gasteiger partial charge in [0, 0.05) is 19.3 Å². The lowest BCUT2D eigenvalue weighted by Gasteiger charge is -2.18. The van der Waals surface area contributed by atoms with Gasteiger partial charge in [0.15, 0.2) is 6.10 Å². The summed E-state index contributed by atoms with van der Waals surface area (Å²) >= 11 is 0. The monoisotopic (exact) mass is 1120 g/mol. The van der Waals surface area contributed by atoms with Crippen LogP contribution in [0.2, 0.25) is 0 Å². The number of hydrogen-bond acceptors (Lipinski definition) is 6. The van der Waals surface area contributed by atoms with Crippen molar-refractivity contribution in [2.45, 2.75) is 322 Å². The Balaban J connectivity index is 4.45. The average Bonchev–Trinajstić information content (AvgIpc) is 3.47. The van der Waals surface area contributed by atoms with Crippen LogP contribution in [0.3, 0.4) is 0 Å². The molecule has 0 aliphatic rings. The zero-order chi connectivity index (χ0) is 58.5. The third kappa shape index (κ3) is 66.5. The van der Waals surface area contributed by atoms with Crippen LogP contribution in [0.4, 0.5) is 0 Å². The van der Waals surface area contributed by atoms with E-state index in [0.717, 1.165) is 122 Å². The standard InChI is InChI=1S/C75H126O6/c1-4-7-10-13-16-19-22-25-28-31-34-36-37-39-41-44-47-50-53-56-59-62-65-68-74(77)80-71-72(70-79-73(76)67-64-61-58-55-52-49-46-43-40-33-30-27-24-21-18-15-12-9-6-3)81-75(78)69-66-63-60-57-54-51-48-45-42-38-35-32-29-26-23-20-17-14-11-8-5-2/h7,10,16,18-19,21,23,25-28,30,32,34-36,39-41,43,72H,4-6,8-9,11-15,17,20,22,24,29,31,33,37-38,42,44-71H2,1-3H3/b10-7-,19-16-,21-18-,26-23-,28-25-,30-27-,35-32-,36-34-,41-39-,43-40-. The normalized spacial score (nSPS) is 12.9. The first-order chi connectivity index (χ1) is 40.0. The predicted molar refractivity (Wildman–Crippen MR) is 353 cm³/mol. The minimum Gasteiger partial charge on any atom is -0.462 e. The number of rotatable bonds is 61. The number of hydrogen-bond donors (Lipinski definition) is 0. The smallest absolute Gasteiger partial charge is 0.306 e. The molecule has 0 aliphatic heterocycles. The van der Waals surface area contributed by atoms with Crippen LogP contribution >= 0.6 is 0 Å². The van der Waals surface area contributed by atoms with E-state index in [4.69, 9.17) is 14.2 Å². The summed E-state index contributed by atoms with van der Waals surface area (Å²) in [6.07, 6.45) is 94.8. The molecular formula is C75H126O6. The maximum absolute atomic E-state index is 13.0. The lowest BCUT2D eigenvalue weighted by molar-refractivity contribution is -0.167. The predicted octanol–water partition coefficient (Wildman–Crippen LogP) is 23.6. The first-order valence-electron chi connectivity index (χ1n) is 34.0. The summed E-state index contributed by atoms with van der Waals surface area (Å²) in [6.45, 7) is 6.49. The third-order valence-electron chi connectivity index (χ3n) is 14.4. The summed E-state index contributed by atoms with van der Waals surface area (Å²) in [5.41, 5.74) is 0. The van der Waals surface area contributed by atoms with Crippen LogP contribution in [0.5, 0.6) is 0 Å². The van der Waals surface area contributed by atoms with Crippen LogP contribution in [0.1, 0.15) is 316 Å². The molecule has 0 aromatic carbocycles. The second-order valence-corrected chi connectivity index (χ2v) is 22.3. The second-order valence-electron chi connectivity index (χ2n) is 22.3. The molecule has 0 spiro atoms. The van der Waals surface area contributed by atoms with Crippen molar-refractivity contribution in [1.82, 2.24) is 0 Å². The van der Waals surface area contributed by atoms with Crippen molar-refractivity contribution < 1.29 is 28.6 Å². The van der Waals surface area contributed by atoms with Crippen LogP contribution in [-0.4, -0.2) is 37.2 Å². The van der Waals surface area contributed by atoms with Crippen molar-refractivity contribution in [2.24, 2.45) is 0 Å². The lowest BCUT2D eigenvalue weighted by atomic mass is 10.1. The largest absolute Gasteiger partial charge is 0.462 e. The van der Waals surface area contributed by atoms with E-state index in [1.54, 1.807) is 0 Å². The van der Waals surface area contributed by atoms with Gasteiger partial charge in [-0.05, 0) is 135 Å². The topological polar surface area (TPSA) is 78.9 Å². The molecule has 0 aromatic rings. The molecule has 1 unspecified atom stereocenters. The molecule has 0 fully saturated rings. The van der Waals surface area contributed by atoms with Gasteiger partial charge in [0.05, 0.1) is 0 Å². The van der Waals surface area contributed by atoms with Gasteiger partial charge in [0.25, 0.3) is 0 Å². The molecule has 81 heavy (non-hydrogen) atoms. The fourth-order valence-electron chi connectivity index (χ4n) is 9.33. The average molecular weight is 1120 g/mol. The molecule has 0 rings (SSSR count). The van der Waals surface area contributed by atoms with Gasteiger partial charge in [-0.2, -0.15) is 0 Å². The Kier molecular flexibility index (Phi) is 64.8. The highest BCUT2D eigenvalue weighted by atomic mass is 16.6. The molecule has 6 heteroatoms. The van der Waals surface area contributed by atoms with E-state index >= 15 is 0 Å². The highest BCUT2D eigenvalue weighted by Gasteiger charge is 2.19. The maximum atomic E-state index is 13.0. The minimum atomic E-state index is -0.797. The third-order valence-corrected chi connectivity index (χ3v) is 14.4. The Morgan fingerprint density at radius 1 is 0.259 bits per heavy atom. The Hall–Kier alpha value is -4.19. The summed E-state index contributed by atoms with van der Waals surface area (Å²) in [7, 11) is 0. The van der Waals surface area contributed by atoms with Crippen molar-refractivity contribution in [3.8, 4) is 0 Å². The SMILES string of the molecule is CC/C=C\C/C=C\C/C=C\C/C=C\C/C=C\CCCCCCCCCC(=O)OCC(COC(=O)CCCCCCCC/C=C\C/C=C\C/C=C\CCCCC)OC(=O)CCCCCCCCCCC/C=C\C/C=C\CCCCCCC. The summed E-state index contributed by atoms with van der Waals surface area (Å²) in [5, 5.41) is 0. The van der Waals surface area contributed by atoms with Crippen molar-refractivity contribution in [2.75, 3.05) is 13.2 Å². The summed E-state index contributed by atoms with van der Waals surface area (Å²) < 4.78 is 17.0. The fourth-order valence-corrected chi connectivity index (χ4v) is 9.33. The highest BCUT2D eigenvalue weighted by Crippen LogP contribution is 2.16. The van der Waals surface area contributed by atoms with Gasteiger partial charge < -0.3 is 14.2 Å². The first kappa shape index (κ1) is 76.8. The van der Waals surface area contributed by atoms with Gasteiger partial charge in [-0.25, -0.2) is 0 Å². The number of carbonyl (C=O) groups is 3. The summed E-state index contributed by atoms with van der Waals surface area (Å²) in [5.74, 6) is -0.910. The first-order valence-corrected chi connectivity index (χ1v) is 34.0. The van der Waals surface area contributed by atoms with Gasteiger partial charge in [0.1, 0.15) is 13.2 Å². The molecule has 1 atom stereocenters. The fraction of sp³-hybridized carbons (Fsp3) is 0.693. The number of ether oxygens (including phenoxy) is 3. The molecule has 0 aromatic heterocycles. The Bertz CT molecular complexity index is 1670. The minimum absolute atomic E-state index is 0.0918. The van der Waals surface area contributed by atoms with Crippen LogP contribution in [0, 0.1) is 0 Å². The zero-order valence-electron chi connectivity index (χ0n) is 53.0. The molecule has 0 amide bonds. The van der Waals surface area contributed by atoms with E-state index in [9.17, 15) is 14.4 Å². The molecule has 0 radical (unpaired) electrons. The van der Waals surface area contributed by atoms with Crippen molar-refractivity contribution in [3.63, 3.8) is 0 Å². The van der Waals surface area contributed by atoms with Crippen LogP contribution in [0.15, 0.2) is 122 Å². The number of allylic oxidation sites excluding steroid dienone is 20. The van der Waals surface area contributed by atoms with E-state index in [2.05, 4.69) is 142 Å². The molecule has 0 heterocycles. The van der Waals surface area contributed by atoms with E-state index in [-0.39, 0.29) is 31.1 Å². The van der Waals surface area contributed by atoms with Gasteiger partial charge in [-0.15, -0.1) is 0 Å². The Morgan fingerprint density at radius 3 is 0.778 bits per heavy atom. The maximum Gasteiger partial charge on any atom is 0.306 e. The summed E-state index contributed by atoms with van der Waals surface area (Å²) in [4.78, 5) is 38.5. The van der Waals surface area contributed by atoms with Crippen molar-refractivity contribution >= 4 is 17.9 Å². The van der Waals surface area contributed by atoms with E-state index in [1.165, 1.54) is 154 Å². The summed E-state index contributed by atoms with van der Waals surface area (Å²) in [6, 6.07) is 0. The van der Waals surface area contributed by atoms with Crippen LogP contribution in [-0.2, 0) is 28.6 Å². The lowest BCUT2D eigenvalue weighted by Crippen LogP contribution is -2.30. The molecule has 6 nitrogen and oxygen atoms in total. The number of esters is 3. The quantitative estimate of drug-likeness (QED) is 0.0261.